The van der Waals surface area contributed by atoms with Gasteiger partial charge in [0.25, 0.3) is 0 Å². The summed E-state index contributed by atoms with van der Waals surface area (Å²) in [6.07, 6.45) is 2.36. The molecule has 0 radical (unpaired) electrons. The molecule has 1 aromatic rings. The Balaban J connectivity index is 2.77. The number of benzene rings is 1. The van der Waals surface area contributed by atoms with E-state index in [2.05, 4.69) is 13.0 Å². The van der Waals surface area contributed by atoms with Crippen LogP contribution in [0.3, 0.4) is 0 Å². The van der Waals surface area contributed by atoms with Crippen molar-refractivity contribution in [2.45, 2.75) is 33.1 Å². The van der Waals surface area contributed by atoms with E-state index >= 15 is 0 Å². The molecule has 1 atom stereocenters. The SMILES string of the molecule is CCc1ccc(OC)c(CCC(C)C(=O)O)c1. The first kappa shape index (κ1) is 13.6. The fourth-order valence-corrected chi connectivity index (χ4v) is 1.74. The van der Waals surface area contributed by atoms with E-state index in [1.54, 1.807) is 14.0 Å². The zero-order valence-electron chi connectivity index (χ0n) is 10.7. The molecular weight excluding hydrogens is 216 g/mol. The number of aliphatic carboxylic acids is 1. The molecule has 3 heteroatoms. The van der Waals surface area contributed by atoms with Crippen molar-refractivity contribution < 1.29 is 14.6 Å². The number of rotatable bonds is 6. The summed E-state index contributed by atoms with van der Waals surface area (Å²) in [7, 11) is 1.64. The van der Waals surface area contributed by atoms with Crippen molar-refractivity contribution in [3.63, 3.8) is 0 Å². The van der Waals surface area contributed by atoms with Gasteiger partial charge in [0, 0.05) is 0 Å². The van der Waals surface area contributed by atoms with Crippen molar-refractivity contribution in [1.29, 1.82) is 0 Å². The Hall–Kier alpha value is -1.51. The molecule has 0 fully saturated rings. The van der Waals surface area contributed by atoms with Crippen molar-refractivity contribution >= 4 is 5.97 Å². The molecule has 0 aliphatic heterocycles. The largest absolute Gasteiger partial charge is 0.496 e. The van der Waals surface area contributed by atoms with E-state index in [0.29, 0.717) is 6.42 Å². The van der Waals surface area contributed by atoms with Gasteiger partial charge in [0.15, 0.2) is 0 Å². The van der Waals surface area contributed by atoms with Crippen LogP contribution in [0.2, 0.25) is 0 Å². The van der Waals surface area contributed by atoms with Gasteiger partial charge in [-0.15, -0.1) is 0 Å². The predicted molar refractivity (Wildman–Crippen MR) is 67.5 cm³/mol. The predicted octanol–water partition coefficient (Wildman–Crippen LogP) is 2.91. The molecule has 1 aromatic carbocycles. The van der Waals surface area contributed by atoms with E-state index in [-0.39, 0.29) is 5.92 Å². The van der Waals surface area contributed by atoms with Gasteiger partial charge in [-0.25, -0.2) is 0 Å². The maximum absolute atomic E-state index is 10.8. The average Bonchev–Trinajstić information content (AvgIpc) is 2.35. The standard InChI is InChI=1S/C14H20O3/c1-4-11-6-8-13(17-3)12(9-11)7-5-10(2)14(15)16/h6,8-10H,4-5,7H2,1-3H3,(H,15,16). The number of hydrogen-bond acceptors (Lipinski definition) is 2. The number of carboxylic acid groups (broad SMARTS) is 1. The van der Waals surface area contributed by atoms with E-state index < -0.39 is 5.97 Å². The summed E-state index contributed by atoms with van der Waals surface area (Å²) in [6, 6.07) is 6.11. The number of hydrogen-bond donors (Lipinski definition) is 1. The molecule has 0 saturated heterocycles. The number of methoxy groups -OCH3 is 1. The molecule has 0 aliphatic rings. The van der Waals surface area contributed by atoms with Gasteiger partial charge in [-0.2, -0.15) is 0 Å². The minimum Gasteiger partial charge on any atom is -0.496 e. The van der Waals surface area contributed by atoms with Crippen molar-refractivity contribution in [1.82, 2.24) is 0 Å². The molecule has 0 heterocycles. The third-order valence-electron chi connectivity index (χ3n) is 3.02. The summed E-state index contributed by atoms with van der Waals surface area (Å²) in [5.41, 5.74) is 2.35. The van der Waals surface area contributed by atoms with Crippen LogP contribution < -0.4 is 4.74 Å². The van der Waals surface area contributed by atoms with E-state index in [0.717, 1.165) is 24.2 Å². The first-order valence-corrected chi connectivity index (χ1v) is 5.97. The Kier molecular flexibility index (Phi) is 5.01. The number of aryl methyl sites for hydroxylation is 2. The molecule has 1 N–H and O–H groups in total. The summed E-state index contributed by atoms with van der Waals surface area (Å²) < 4.78 is 5.29. The Morgan fingerprint density at radius 1 is 1.47 bits per heavy atom. The Morgan fingerprint density at radius 2 is 2.18 bits per heavy atom. The highest BCUT2D eigenvalue weighted by molar-refractivity contribution is 5.69. The van der Waals surface area contributed by atoms with Crippen LogP contribution in [0.1, 0.15) is 31.4 Å². The fourth-order valence-electron chi connectivity index (χ4n) is 1.74. The Labute approximate surface area is 102 Å². The van der Waals surface area contributed by atoms with Gasteiger partial charge in [0.1, 0.15) is 5.75 Å². The molecule has 0 amide bonds. The first-order valence-electron chi connectivity index (χ1n) is 5.97. The van der Waals surface area contributed by atoms with Crippen molar-refractivity contribution in [2.24, 2.45) is 5.92 Å². The van der Waals surface area contributed by atoms with Crippen LogP contribution in [0.15, 0.2) is 18.2 Å². The molecule has 0 aromatic heterocycles. The lowest BCUT2D eigenvalue weighted by atomic mass is 9.98. The minimum atomic E-state index is -0.740. The van der Waals surface area contributed by atoms with Crippen LogP contribution >= 0.6 is 0 Å². The molecule has 3 nitrogen and oxygen atoms in total. The lowest BCUT2D eigenvalue weighted by Crippen LogP contribution is -2.10. The summed E-state index contributed by atoms with van der Waals surface area (Å²) in [4.78, 5) is 10.8. The van der Waals surface area contributed by atoms with Gasteiger partial charge < -0.3 is 9.84 Å². The molecule has 0 bridgehead atoms. The number of carbonyl (C=O) groups is 1. The van der Waals surface area contributed by atoms with Crippen LogP contribution in [0.25, 0.3) is 0 Å². The van der Waals surface area contributed by atoms with Crippen molar-refractivity contribution in [3.8, 4) is 5.75 Å². The molecule has 17 heavy (non-hydrogen) atoms. The van der Waals surface area contributed by atoms with Gasteiger partial charge in [-0.3, -0.25) is 4.79 Å². The summed E-state index contributed by atoms with van der Waals surface area (Å²) in [6.45, 7) is 3.84. The molecule has 1 unspecified atom stereocenters. The van der Waals surface area contributed by atoms with Crippen LogP contribution in [0, 0.1) is 5.92 Å². The summed E-state index contributed by atoms with van der Waals surface area (Å²) >= 11 is 0. The van der Waals surface area contributed by atoms with Crippen LogP contribution in [0.4, 0.5) is 0 Å². The molecule has 94 valence electrons. The monoisotopic (exact) mass is 236 g/mol. The second-order valence-electron chi connectivity index (χ2n) is 4.28. The first-order chi connectivity index (χ1) is 8.08. The average molecular weight is 236 g/mol. The van der Waals surface area contributed by atoms with Crippen LogP contribution in [-0.4, -0.2) is 18.2 Å². The Bertz CT molecular complexity index is 385. The Morgan fingerprint density at radius 3 is 2.71 bits per heavy atom. The third-order valence-corrected chi connectivity index (χ3v) is 3.02. The normalized spacial score (nSPS) is 12.2. The highest BCUT2D eigenvalue weighted by Gasteiger charge is 2.12. The van der Waals surface area contributed by atoms with Crippen LogP contribution in [-0.2, 0) is 17.6 Å². The highest BCUT2D eigenvalue weighted by Crippen LogP contribution is 2.23. The maximum Gasteiger partial charge on any atom is 0.306 e. The number of carboxylic acids is 1. The van der Waals surface area contributed by atoms with E-state index in [1.165, 1.54) is 5.56 Å². The molecule has 0 aliphatic carbocycles. The maximum atomic E-state index is 10.8. The fraction of sp³-hybridized carbons (Fsp3) is 0.500. The van der Waals surface area contributed by atoms with Crippen molar-refractivity contribution in [2.75, 3.05) is 7.11 Å². The number of ether oxygens (including phenoxy) is 1. The van der Waals surface area contributed by atoms with E-state index in [9.17, 15) is 4.79 Å². The van der Waals surface area contributed by atoms with Gasteiger partial charge >= 0.3 is 5.97 Å². The lowest BCUT2D eigenvalue weighted by Gasteiger charge is -2.11. The second kappa shape index (κ2) is 6.28. The van der Waals surface area contributed by atoms with Crippen molar-refractivity contribution in [3.05, 3.63) is 29.3 Å². The summed E-state index contributed by atoms with van der Waals surface area (Å²) in [5.74, 6) is -0.208. The third kappa shape index (κ3) is 3.77. The molecular formula is C14H20O3. The topological polar surface area (TPSA) is 46.5 Å². The lowest BCUT2D eigenvalue weighted by molar-refractivity contribution is -0.141. The second-order valence-corrected chi connectivity index (χ2v) is 4.28. The zero-order chi connectivity index (χ0) is 12.8. The smallest absolute Gasteiger partial charge is 0.306 e. The van der Waals surface area contributed by atoms with Gasteiger partial charge in [-0.05, 0) is 36.5 Å². The van der Waals surface area contributed by atoms with Gasteiger partial charge in [0.2, 0.25) is 0 Å². The highest BCUT2D eigenvalue weighted by atomic mass is 16.5. The quantitative estimate of drug-likeness (QED) is 0.826. The zero-order valence-corrected chi connectivity index (χ0v) is 10.7. The molecule has 0 spiro atoms. The molecule has 1 rings (SSSR count). The van der Waals surface area contributed by atoms with Gasteiger partial charge in [0.05, 0.1) is 13.0 Å². The van der Waals surface area contributed by atoms with E-state index in [1.807, 2.05) is 12.1 Å². The minimum absolute atomic E-state index is 0.315. The van der Waals surface area contributed by atoms with Crippen LogP contribution in [0.5, 0.6) is 5.75 Å². The summed E-state index contributed by atoms with van der Waals surface area (Å²) in [5, 5.41) is 8.86. The molecule has 0 saturated carbocycles. The van der Waals surface area contributed by atoms with Gasteiger partial charge in [-0.1, -0.05) is 26.0 Å². The van der Waals surface area contributed by atoms with E-state index in [4.69, 9.17) is 9.84 Å².